The van der Waals surface area contributed by atoms with Gasteiger partial charge in [0.15, 0.2) is 0 Å². The summed E-state index contributed by atoms with van der Waals surface area (Å²) in [5.41, 5.74) is 1.96. The molecule has 0 spiro atoms. The molecule has 84 valence electrons. The number of aryl methyl sites for hydroxylation is 2. The first-order chi connectivity index (χ1) is 7.58. The molecule has 16 heavy (non-hydrogen) atoms. The number of nitrogens with zero attached hydrogens (tertiary/aromatic N) is 2. The number of rotatable bonds is 2. The summed E-state index contributed by atoms with van der Waals surface area (Å²) in [6.45, 7) is 4.54. The molecule has 2 aromatic rings. The lowest BCUT2D eigenvalue weighted by Gasteiger charge is -2.09. The highest BCUT2D eigenvalue weighted by atomic mass is 35.5. The van der Waals surface area contributed by atoms with Crippen LogP contribution in [0.4, 0.5) is 4.39 Å². The first kappa shape index (κ1) is 11.1. The molecule has 0 bridgehead atoms. The molecule has 2 rings (SSSR count). The Balaban J connectivity index is 2.34. The minimum atomic E-state index is -0.312. The van der Waals surface area contributed by atoms with Gasteiger partial charge in [0.2, 0.25) is 0 Å². The summed E-state index contributed by atoms with van der Waals surface area (Å²) in [6.07, 6.45) is 1.81. The Morgan fingerprint density at radius 1 is 1.38 bits per heavy atom. The van der Waals surface area contributed by atoms with E-state index in [-0.39, 0.29) is 5.82 Å². The summed E-state index contributed by atoms with van der Waals surface area (Å²) >= 11 is 5.98. The van der Waals surface area contributed by atoms with Crippen molar-refractivity contribution in [1.29, 1.82) is 0 Å². The maximum Gasteiger partial charge on any atom is 0.124 e. The number of hydrogen-bond donors (Lipinski definition) is 0. The molecule has 1 aromatic heterocycles. The first-order valence-corrected chi connectivity index (χ1v) is 5.38. The van der Waals surface area contributed by atoms with Crippen LogP contribution in [0.1, 0.15) is 17.1 Å². The topological polar surface area (TPSA) is 17.8 Å². The highest BCUT2D eigenvalue weighted by Gasteiger charge is 2.06. The third kappa shape index (κ3) is 2.09. The lowest BCUT2D eigenvalue weighted by Crippen LogP contribution is -2.04. The van der Waals surface area contributed by atoms with E-state index in [4.69, 9.17) is 11.6 Å². The molecule has 1 aromatic carbocycles. The van der Waals surface area contributed by atoms with Crippen LogP contribution in [0.2, 0.25) is 5.02 Å². The van der Waals surface area contributed by atoms with Crippen molar-refractivity contribution >= 4 is 11.6 Å². The van der Waals surface area contributed by atoms with E-state index in [9.17, 15) is 4.39 Å². The third-order valence-electron chi connectivity index (χ3n) is 2.60. The second-order valence-electron chi connectivity index (χ2n) is 3.77. The van der Waals surface area contributed by atoms with Crippen molar-refractivity contribution in [3.05, 3.63) is 52.3 Å². The third-order valence-corrected chi connectivity index (χ3v) is 2.95. The van der Waals surface area contributed by atoms with E-state index >= 15 is 0 Å². The smallest absolute Gasteiger partial charge is 0.124 e. The standard InChI is InChI=1S/C12H12ClFN2/c1-8-6-15-9(2)16(8)7-10-3-4-11(14)5-12(10)13/h3-6H,7H2,1-2H3. The fourth-order valence-corrected chi connectivity index (χ4v) is 1.87. The number of benzene rings is 1. The summed E-state index contributed by atoms with van der Waals surface area (Å²) < 4.78 is 14.9. The zero-order valence-corrected chi connectivity index (χ0v) is 9.92. The van der Waals surface area contributed by atoms with Gasteiger partial charge in [-0.15, -0.1) is 0 Å². The molecular weight excluding hydrogens is 227 g/mol. The predicted octanol–water partition coefficient (Wildman–Crippen LogP) is 3.34. The number of hydrogen-bond acceptors (Lipinski definition) is 1. The van der Waals surface area contributed by atoms with Gasteiger partial charge in [-0.25, -0.2) is 9.37 Å². The van der Waals surface area contributed by atoms with Crippen molar-refractivity contribution in [2.24, 2.45) is 0 Å². The molecule has 4 heteroatoms. The summed E-state index contributed by atoms with van der Waals surface area (Å²) in [5, 5.41) is 0.451. The van der Waals surface area contributed by atoms with Crippen molar-refractivity contribution in [3.8, 4) is 0 Å². The van der Waals surface area contributed by atoms with Crippen LogP contribution in [0.5, 0.6) is 0 Å². The Kier molecular flexibility index (Phi) is 2.97. The zero-order chi connectivity index (χ0) is 11.7. The number of halogens is 2. The van der Waals surface area contributed by atoms with E-state index in [1.165, 1.54) is 12.1 Å². The minimum Gasteiger partial charge on any atom is -0.328 e. The van der Waals surface area contributed by atoms with Crippen LogP contribution < -0.4 is 0 Å². The lowest BCUT2D eigenvalue weighted by atomic mass is 10.2. The van der Waals surface area contributed by atoms with Gasteiger partial charge in [-0.3, -0.25) is 0 Å². The first-order valence-electron chi connectivity index (χ1n) is 5.00. The van der Waals surface area contributed by atoms with Gasteiger partial charge in [-0.05, 0) is 31.5 Å². The quantitative estimate of drug-likeness (QED) is 0.785. The maximum absolute atomic E-state index is 12.9. The fourth-order valence-electron chi connectivity index (χ4n) is 1.64. The van der Waals surface area contributed by atoms with Crippen molar-refractivity contribution in [1.82, 2.24) is 9.55 Å². The van der Waals surface area contributed by atoms with Crippen molar-refractivity contribution in [3.63, 3.8) is 0 Å². The highest BCUT2D eigenvalue weighted by molar-refractivity contribution is 6.31. The van der Waals surface area contributed by atoms with Crippen LogP contribution in [0.25, 0.3) is 0 Å². The normalized spacial score (nSPS) is 10.8. The van der Waals surface area contributed by atoms with Crippen LogP contribution in [-0.4, -0.2) is 9.55 Å². The van der Waals surface area contributed by atoms with Gasteiger partial charge in [0.05, 0.1) is 6.54 Å². The Labute approximate surface area is 98.7 Å². The predicted molar refractivity (Wildman–Crippen MR) is 62.2 cm³/mol. The molecule has 0 aliphatic heterocycles. The van der Waals surface area contributed by atoms with Crippen molar-refractivity contribution in [2.45, 2.75) is 20.4 Å². The average Bonchev–Trinajstić information content (AvgIpc) is 2.53. The minimum absolute atomic E-state index is 0.312. The van der Waals surface area contributed by atoms with E-state index in [2.05, 4.69) is 4.98 Å². The molecule has 0 radical (unpaired) electrons. The van der Waals surface area contributed by atoms with Crippen molar-refractivity contribution < 1.29 is 4.39 Å². The summed E-state index contributed by atoms with van der Waals surface area (Å²) in [6, 6.07) is 4.46. The molecule has 2 nitrogen and oxygen atoms in total. The van der Waals surface area contributed by atoms with Gasteiger partial charge in [-0.1, -0.05) is 17.7 Å². The highest BCUT2D eigenvalue weighted by Crippen LogP contribution is 2.19. The molecule has 0 amide bonds. The number of imidazole rings is 1. The Morgan fingerprint density at radius 2 is 2.12 bits per heavy atom. The monoisotopic (exact) mass is 238 g/mol. The SMILES string of the molecule is Cc1cnc(C)n1Cc1ccc(F)cc1Cl. The van der Waals surface area contributed by atoms with Gasteiger partial charge in [-0.2, -0.15) is 0 Å². The van der Waals surface area contributed by atoms with Crippen LogP contribution in [-0.2, 0) is 6.54 Å². The van der Waals surface area contributed by atoms with E-state index in [1.54, 1.807) is 6.07 Å². The largest absolute Gasteiger partial charge is 0.328 e. The molecular formula is C12H12ClFN2. The van der Waals surface area contributed by atoms with E-state index in [1.807, 2.05) is 24.6 Å². The van der Waals surface area contributed by atoms with Gasteiger partial charge in [0.25, 0.3) is 0 Å². The van der Waals surface area contributed by atoms with Crippen molar-refractivity contribution in [2.75, 3.05) is 0 Å². The summed E-state index contributed by atoms with van der Waals surface area (Å²) in [5.74, 6) is 0.616. The molecule has 0 saturated heterocycles. The Morgan fingerprint density at radius 3 is 2.69 bits per heavy atom. The lowest BCUT2D eigenvalue weighted by molar-refractivity contribution is 0.626. The second-order valence-corrected chi connectivity index (χ2v) is 4.18. The van der Waals surface area contributed by atoms with E-state index < -0.39 is 0 Å². The van der Waals surface area contributed by atoms with Crippen LogP contribution >= 0.6 is 11.6 Å². The van der Waals surface area contributed by atoms with Gasteiger partial charge >= 0.3 is 0 Å². The molecule has 0 aliphatic carbocycles. The number of aromatic nitrogens is 2. The zero-order valence-electron chi connectivity index (χ0n) is 9.17. The molecule has 1 heterocycles. The van der Waals surface area contributed by atoms with Crippen LogP contribution in [0, 0.1) is 19.7 Å². The molecule has 0 fully saturated rings. The molecule has 0 saturated carbocycles. The maximum atomic E-state index is 12.9. The Hall–Kier alpha value is -1.35. The average molecular weight is 239 g/mol. The van der Waals surface area contributed by atoms with Crippen LogP contribution in [0.3, 0.4) is 0 Å². The molecule has 0 atom stereocenters. The summed E-state index contributed by atoms with van der Waals surface area (Å²) in [7, 11) is 0. The van der Waals surface area contributed by atoms with E-state index in [0.29, 0.717) is 11.6 Å². The second kappa shape index (κ2) is 4.26. The van der Waals surface area contributed by atoms with E-state index in [0.717, 1.165) is 17.1 Å². The molecule has 0 aliphatic rings. The fraction of sp³-hybridized carbons (Fsp3) is 0.250. The summed E-state index contributed by atoms with van der Waals surface area (Å²) in [4.78, 5) is 4.21. The van der Waals surface area contributed by atoms with Gasteiger partial charge < -0.3 is 4.57 Å². The van der Waals surface area contributed by atoms with Crippen LogP contribution in [0.15, 0.2) is 24.4 Å². The molecule has 0 N–H and O–H groups in total. The van der Waals surface area contributed by atoms with Gasteiger partial charge in [0, 0.05) is 16.9 Å². The molecule has 0 unspecified atom stereocenters. The van der Waals surface area contributed by atoms with Gasteiger partial charge in [0.1, 0.15) is 11.6 Å². The Bertz CT molecular complexity index is 500.